The van der Waals surface area contributed by atoms with Gasteiger partial charge in [-0.05, 0) is 5.56 Å². The van der Waals surface area contributed by atoms with Crippen LogP contribution in [0.2, 0.25) is 10.1 Å². The molecule has 0 aliphatic carbocycles. The van der Waals surface area contributed by atoms with Gasteiger partial charge in [-0.25, -0.2) is 0 Å². The van der Waals surface area contributed by atoms with Gasteiger partial charge >= 0.3 is 8.56 Å². The highest BCUT2D eigenvalue weighted by atomic mass is 28.4. The molecule has 2 saturated heterocycles. The van der Waals surface area contributed by atoms with E-state index in [1.165, 1.54) is 6.92 Å². The summed E-state index contributed by atoms with van der Waals surface area (Å²) in [5.41, 5.74) is 1.02. The number of rotatable bonds is 5. The lowest BCUT2D eigenvalue weighted by Gasteiger charge is -2.58. The molecule has 1 amide bonds. The molecule has 5 atom stereocenters. The van der Waals surface area contributed by atoms with Crippen molar-refractivity contribution in [3.05, 3.63) is 35.9 Å². The van der Waals surface area contributed by atoms with Gasteiger partial charge in [-0.3, -0.25) is 4.79 Å². The van der Waals surface area contributed by atoms with E-state index in [1.54, 1.807) is 7.11 Å². The molecule has 1 aromatic rings. The minimum Gasteiger partial charge on any atom is -0.391 e. The fraction of sp³-hybridized carbons (Fsp3) is 0.708. The number of hydrogen-bond donors (Lipinski definition) is 1. The van der Waals surface area contributed by atoms with E-state index in [2.05, 4.69) is 46.9 Å². The molecule has 0 radical (unpaired) electrons. The molecule has 3 rings (SSSR count). The van der Waals surface area contributed by atoms with Crippen molar-refractivity contribution in [3.8, 4) is 0 Å². The first-order chi connectivity index (χ1) is 14.9. The van der Waals surface area contributed by atoms with Crippen molar-refractivity contribution in [1.82, 2.24) is 5.32 Å². The van der Waals surface area contributed by atoms with Gasteiger partial charge in [-0.15, -0.1) is 0 Å². The van der Waals surface area contributed by atoms with Crippen LogP contribution in [0.15, 0.2) is 30.3 Å². The topological polar surface area (TPSA) is 75.3 Å². The maximum Gasteiger partial charge on any atom is 0.349 e. The van der Waals surface area contributed by atoms with Crippen LogP contribution >= 0.6 is 0 Å². The number of hydrogen-bond acceptors (Lipinski definition) is 6. The zero-order valence-electron chi connectivity index (χ0n) is 20.6. The van der Waals surface area contributed by atoms with Gasteiger partial charge in [-0.1, -0.05) is 71.9 Å². The van der Waals surface area contributed by atoms with Crippen molar-refractivity contribution in [3.63, 3.8) is 0 Å². The Hall–Kier alpha value is -1.29. The normalized spacial score (nSPS) is 30.4. The van der Waals surface area contributed by atoms with E-state index in [0.717, 1.165) is 5.56 Å². The smallest absolute Gasteiger partial charge is 0.349 e. The molecule has 2 fully saturated rings. The van der Waals surface area contributed by atoms with E-state index < -0.39 is 27.0 Å². The summed E-state index contributed by atoms with van der Waals surface area (Å²) >= 11 is 0. The molecule has 2 aliphatic heterocycles. The maximum absolute atomic E-state index is 12.1. The third-order valence-electron chi connectivity index (χ3n) is 6.27. The largest absolute Gasteiger partial charge is 0.391 e. The van der Waals surface area contributed by atoms with E-state index in [0.29, 0.717) is 13.2 Å². The summed E-state index contributed by atoms with van der Waals surface area (Å²) in [6.07, 6.45) is -1.84. The second kappa shape index (κ2) is 9.52. The number of benzene rings is 1. The van der Waals surface area contributed by atoms with Gasteiger partial charge in [0.15, 0.2) is 6.29 Å². The predicted octanol–water partition coefficient (Wildman–Crippen LogP) is 3.91. The lowest BCUT2D eigenvalue weighted by atomic mass is 9.96. The van der Waals surface area contributed by atoms with Gasteiger partial charge in [0.25, 0.3) is 0 Å². The lowest BCUT2D eigenvalue weighted by Crippen LogP contribution is -2.73. The summed E-state index contributed by atoms with van der Waals surface area (Å²) in [6.45, 7) is 15.3. The van der Waals surface area contributed by atoms with Crippen LogP contribution in [0.4, 0.5) is 0 Å². The van der Waals surface area contributed by atoms with Crippen molar-refractivity contribution in [2.75, 3.05) is 13.7 Å². The first kappa shape index (κ1) is 25.3. The zero-order valence-corrected chi connectivity index (χ0v) is 21.6. The Kier molecular flexibility index (Phi) is 7.54. The molecule has 2 heterocycles. The first-order valence-electron chi connectivity index (χ1n) is 11.3. The Morgan fingerprint density at radius 1 is 1.12 bits per heavy atom. The Bertz CT molecular complexity index is 761. The molecule has 7 nitrogen and oxygen atoms in total. The number of fused-ring (bicyclic) bond motifs is 1. The molecule has 0 unspecified atom stereocenters. The van der Waals surface area contributed by atoms with Crippen molar-refractivity contribution in [1.29, 1.82) is 0 Å². The molecule has 1 N–H and O–H groups in total. The van der Waals surface area contributed by atoms with Crippen LogP contribution in [0.3, 0.4) is 0 Å². The average Bonchev–Trinajstić information content (AvgIpc) is 2.70. The minimum absolute atomic E-state index is 0.168. The summed E-state index contributed by atoms with van der Waals surface area (Å²) < 4.78 is 31.9. The number of methoxy groups -OCH3 is 1. The van der Waals surface area contributed by atoms with Gasteiger partial charge in [-0.2, -0.15) is 0 Å². The number of carbonyl (C=O) groups excluding carboxylic acids is 1. The van der Waals surface area contributed by atoms with Crippen LogP contribution in [0.5, 0.6) is 0 Å². The highest BCUT2D eigenvalue weighted by Gasteiger charge is 2.64. The summed E-state index contributed by atoms with van der Waals surface area (Å²) in [5, 5.41) is 2.65. The van der Waals surface area contributed by atoms with E-state index >= 15 is 0 Å². The molecule has 8 heteroatoms. The number of carbonyl (C=O) groups is 1. The third kappa shape index (κ3) is 4.95. The highest BCUT2D eigenvalue weighted by molar-refractivity contribution is 6.73. The van der Waals surface area contributed by atoms with Crippen LogP contribution in [-0.4, -0.2) is 58.8 Å². The van der Waals surface area contributed by atoms with Crippen LogP contribution in [0.25, 0.3) is 0 Å². The number of nitrogens with one attached hydrogen (secondary N) is 1. The van der Waals surface area contributed by atoms with Gasteiger partial charge in [0.2, 0.25) is 5.91 Å². The Morgan fingerprint density at radius 2 is 1.75 bits per heavy atom. The monoisotopic (exact) mass is 465 g/mol. The number of ether oxygens (including phenoxy) is 3. The molecule has 0 spiro atoms. The summed E-state index contributed by atoms with van der Waals surface area (Å²) in [7, 11) is -1.08. The molecule has 180 valence electrons. The molecular weight excluding hydrogens is 426 g/mol. The molecule has 2 aliphatic rings. The minimum atomic E-state index is -2.73. The molecular formula is C24H39NO6Si. The average molecular weight is 466 g/mol. The van der Waals surface area contributed by atoms with Crippen molar-refractivity contribution in [2.24, 2.45) is 0 Å². The van der Waals surface area contributed by atoms with Crippen LogP contribution in [0, 0.1) is 0 Å². The molecule has 1 aromatic carbocycles. The lowest BCUT2D eigenvalue weighted by molar-refractivity contribution is -0.286. The third-order valence-corrected chi connectivity index (χ3v) is 11.4. The van der Waals surface area contributed by atoms with Gasteiger partial charge in [0.1, 0.15) is 24.4 Å². The maximum atomic E-state index is 12.1. The van der Waals surface area contributed by atoms with Crippen molar-refractivity contribution in [2.45, 2.75) is 95.8 Å². The van der Waals surface area contributed by atoms with Crippen LogP contribution < -0.4 is 5.32 Å². The summed E-state index contributed by atoms with van der Waals surface area (Å²) in [6, 6.07) is 9.37. The van der Waals surface area contributed by atoms with Crippen LogP contribution in [0.1, 0.15) is 54.0 Å². The molecule has 0 aromatic heterocycles. The fourth-order valence-corrected chi connectivity index (χ4v) is 10.0. The Morgan fingerprint density at radius 3 is 2.28 bits per heavy atom. The fourth-order valence-electron chi connectivity index (χ4n) is 5.08. The van der Waals surface area contributed by atoms with Gasteiger partial charge in [0.05, 0.1) is 13.2 Å². The van der Waals surface area contributed by atoms with E-state index in [4.69, 9.17) is 23.1 Å². The van der Waals surface area contributed by atoms with Crippen molar-refractivity contribution >= 4 is 14.5 Å². The summed E-state index contributed by atoms with van der Waals surface area (Å²) in [4.78, 5) is 12.1. The second-order valence-electron chi connectivity index (χ2n) is 10.8. The van der Waals surface area contributed by atoms with Crippen molar-refractivity contribution < 1.29 is 27.9 Å². The quantitative estimate of drug-likeness (QED) is 0.665. The summed E-state index contributed by atoms with van der Waals surface area (Å²) in [5.74, 6) is -0.172. The number of amides is 1. The molecule has 0 saturated carbocycles. The standard InChI is InChI=1S/C24H39NO6Si/c1-16(26)25-19-21(27-8)20-18(30-22(19)28-14-17-12-10-9-11-13-17)15-29-32(31-20,23(2,3)4)24(5,6)7/h9-13,18-22H,14-15H2,1-8H3,(H,25,26)/t18-,19-,20-,21-,22+/m1/s1. The van der Waals surface area contributed by atoms with Gasteiger partial charge < -0.3 is 28.4 Å². The van der Waals surface area contributed by atoms with E-state index in [-0.39, 0.29) is 28.2 Å². The van der Waals surface area contributed by atoms with E-state index in [9.17, 15) is 4.79 Å². The molecule has 0 bridgehead atoms. The Labute approximate surface area is 193 Å². The van der Waals surface area contributed by atoms with E-state index in [1.807, 2.05) is 30.3 Å². The second-order valence-corrected chi connectivity index (χ2v) is 15.5. The zero-order chi connectivity index (χ0) is 23.7. The first-order valence-corrected chi connectivity index (χ1v) is 13.1. The SMILES string of the molecule is CO[C@@H]1[C@@H](NC(C)=O)[C@@H](OCc2ccccc2)O[C@@H]2CO[Si](C(C)(C)C)(C(C)(C)C)O[C@@H]12. The highest BCUT2D eigenvalue weighted by Crippen LogP contribution is 2.55. The Balaban J connectivity index is 1.89. The van der Waals surface area contributed by atoms with Crippen LogP contribution in [-0.2, 0) is 34.5 Å². The predicted molar refractivity (Wildman–Crippen MR) is 124 cm³/mol. The van der Waals surface area contributed by atoms with Gasteiger partial charge in [0, 0.05) is 24.1 Å². The molecule has 32 heavy (non-hydrogen) atoms.